The van der Waals surface area contributed by atoms with Crippen LogP contribution in [0.15, 0.2) is 30.3 Å². The van der Waals surface area contributed by atoms with Crippen LogP contribution in [0.2, 0.25) is 0 Å². The van der Waals surface area contributed by atoms with E-state index in [1.807, 2.05) is 6.07 Å². The lowest BCUT2D eigenvalue weighted by Crippen LogP contribution is -1.85. The number of hydrogen-bond acceptors (Lipinski definition) is 0. The van der Waals surface area contributed by atoms with Gasteiger partial charge in [-0.2, -0.15) is 0 Å². The Bertz CT molecular complexity index is 206. The standard InChI is InChI=1S/C12H17F/c13-11-7-2-1-4-8-12-9-5-3-6-10-12/h3,5-6,9-10H,1-2,4,7-8,11H2. The van der Waals surface area contributed by atoms with Crippen molar-refractivity contribution in [1.29, 1.82) is 0 Å². The molecule has 0 aliphatic rings. The minimum atomic E-state index is -0.161. The first kappa shape index (κ1) is 10.2. The van der Waals surface area contributed by atoms with Gasteiger partial charge < -0.3 is 0 Å². The Hall–Kier alpha value is -0.850. The van der Waals surface area contributed by atoms with E-state index in [0.29, 0.717) is 0 Å². The van der Waals surface area contributed by atoms with Crippen molar-refractivity contribution >= 4 is 0 Å². The molecular weight excluding hydrogens is 163 g/mol. The quantitative estimate of drug-likeness (QED) is 0.585. The summed E-state index contributed by atoms with van der Waals surface area (Å²) in [6.07, 6.45) is 5.23. The van der Waals surface area contributed by atoms with Gasteiger partial charge in [-0.3, -0.25) is 4.39 Å². The van der Waals surface area contributed by atoms with Gasteiger partial charge >= 0.3 is 0 Å². The molecule has 72 valence electrons. The zero-order valence-corrected chi connectivity index (χ0v) is 8.01. The average Bonchev–Trinajstić information content (AvgIpc) is 2.19. The van der Waals surface area contributed by atoms with E-state index in [2.05, 4.69) is 24.3 Å². The Morgan fingerprint density at radius 2 is 1.54 bits per heavy atom. The summed E-state index contributed by atoms with van der Waals surface area (Å²) in [4.78, 5) is 0. The summed E-state index contributed by atoms with van der Waals surface area (Å²) >= 11 is 0. The van der Waals surface area contributed by atoms with Crippen LogP contribution in [0.4, 0.5) is 4.39 Å². The Morgan fingerprint density at radius 1 is 0.846 bits per heavy atom. The van der Waals surface area contributed by atoms with Crippen molar-refractivity contribution in [2.24, 2.45) is 0 Å². The van der Waals surface area contributed by atoms with Gasteiger partial charge in [0, 0.05) is 0 Å². The SMILES string of the molecule is FCCCCCCc1ccccc1. The lowest BCUT2D eigenvalue weighted by Gasteiger charge is -2.00. The highest BCUT2D eigenvalue weighted by Gasteiger charge is 1.92. The van der Waals surface area contributed by atoms with Crippen molar-refractivity contribution in [2.75, 3.05) is 6.67 Å². The molecule has 0 aliphatic carbocycles. The van der Waals surface area contributed by atoms with Gasteiger partial charge in [0.05, 0.1) is 6.67 Å². The largest absolute Gasteiger partial charge is 0.251 e. The predicted molar refractivity (Wildman–Crippen MR) is 54.6 cm³/mol. The Balaban J connectivity index is 2.07. The van der Waals surface area contributed by atoms with Gasteiger partial charge in [0.15, 0.2) is 0 Å². The molecule has 1 aromatic carbocycles. The van der Waals surface area contributed by atoms with Crippen molar-refractivity contribution in [3.63, 3.8) is 0 Å². The molecule has 1 rings (SSSR count). The second-order valence-corrected chi connectivity index (χ2v) is 3.34. The topological polar surface area (TPSA) is 0 Å². The third-order valence-corrected chi connectivity index (χ3v) is 2.19. The highest BCUT2D eigenvalue weighted by atomic mass is 19.1. The maximum atomic E-state index is 11.7. The van der Waals surface area contributed by atoms with Crippen LogP contribution < -0.4 is 0 Å². The van der Waals surface area contributed by atoms with Gasteiger partial charge in [0.25, 0.3) is 0 Å². The molecule has 0 atom stereocenters. The molecule has 13 heavy (non-hydrogen) atoms. The summed E-state index contributed by atoms with van der Waals surface area (Å²) in [6, 6.07) is 10.5. The fourth-order valence-corrected chi connectivity index (χ4v) is 1.42. The molecule has 0 heterocycles. The van der Waals surface area contributed by atoms with Gasteiger partial charge in [-0.25, -0.2) is 0 Å². The van der Waals surface area contributed by atoms with Crippen LogP contribution in [0, 0.1) is 0 Å². The summed E-state index contributed by atoms with van der Waals surface area (Å²) in [5.74, 6) is 0. The molecule has 0 aromatic heterocycles. The fraction of sp³-hybridized carbons (Fsp3) is 0.500. The molecule has 0 radical (unpaired) electrons. The zero-order chi connectivity index (χ0) is 9.36. The first-order chi connectivity index (χ1) is 6.43. The van der Waals surface area contributed by atoms with E-state index in [4.69, 9.17) is 0 Å². The van der Waals surface area contributed by atoms with Crippen molar-refractivity contribution in [2.45, 2.75) is 32.1 Å². The number of benzene rings is 1. The van der Waals surface area contributed by atoms with Gasteiger partial charge in [0.1, 0.15) is 0 Å². The fourth-order valence-electron chi connectivity index (χ4n) is 1.42. The Morgan fingerprint density at radius 3 is 2.23 bits per heavy atom. The lowest BCUT2D eigenvalue weighted by atomic mass is 10.1. The second kappa shape index (κ2) is 6.64. The van der Waals surface area contributed by atoms with E-state index in [-0.39, 0.29) is 6.67 Å². The number of halogens is 1. The maximum Gasteiger partial charge on any atom is 0.0894 e. The third kappa shape index (κ3) is 4.66. The number of aryl methyl sites for hydroxylation is 1. The third-order valence-electron chi connectivity index (χ3n) is 2.19. The molecular formula is C12H17F. The van der Waals surface area contributed by atoms with Gasteiger partial charge in [0.2, 0.25) is 0 Å². The smallest absolute Gasteiger partial charge is 0.0894 e. The lowest BCUT2D eigenvalue weighted by molar-refractivity contribution is 0.453. The number of hydrogen-bond donors (Lipinski definition) is 0. The Labute approximate surface area is 79.8 Å². The van der Waals surface area contributed by atoms with E-state index in [1.54, 1.807) is 0 Å². The molecule has 0 N–H and O–H groups in total. The molecule has 1 heteroatoms. The monoisotopic (exact) mass is 180 g/mol. The van der Waals surface area contributed by atoms with Crippen molar-refractivity contribution < 1.29 is 4.39 Å². The first-order valence-electron chi connectivity index (χ1n) is 5.03. The van der Waals surface area contributed by atoms with E-state index in [0.717, 1.165) is 25.7 Å². The van der Waals surface area contributed by atoms with Gasteiger partial charge in [-0.1, -0.05) is 43.2 Å². The summed E-state index contributed by atoms with van der Waals surface area (Å²) < 4.78 is 11.7. The second-order valence-electron chi connectivity index (χ2n) is 3.34. The van der Waals surface area contributed by atoms with Crippen LogP contribution in [0.3, 0.4) is 0 Å². The zero-order valence-electron chi connectivity index (χ0n) is 8.01. The van der Waals surface area contributed by atoms with E-state index in [9.17, 15) is 4.39 Å². The molecule has 0 unspecified atom stereocenters. The molecule has 0 amide bonds. The molecule has 0 bridgehead atoms. The van der Waals surface area contributed by atoms with Crippen molar-refractivity contribution in [3.05, 3.63) is 35.9 Å². The molecule has 0 fully saturated rings. The summed E-state index contributed by atoms with van der Waals surface area (Å²) in [6.45, 7) is -0.161. The van der Waals surface area contributed by atoms with Crippen LogP contribution in [-0.2, 0) is 6.42 Å². The highest BCUT2D eigenvalue weighted by Crippen LogP contribution is 2.07. The molecule has 0 aliphatic heterocycles. The van der Waals surface area contributed by atoms with Crippen LogP contribution in [0.25, 0.3) is 0 Å². The van der Waals surface area contributed by atoms with E-state index < -0.39 is 0 Å². The number of rotatable bonds is 6. The minimum Gasteiger partial charge on any atom is -0.251 e. The molecule has 0 saturated carbocycles. The highest BCUT2D eigenvalue weighted by molar-refractivity contribution is 5.14. The van der Waals surface area contributed by atoms with Crippen LogP contribution in [0.5, 0.6) is 0 Å². The van der Waals surface area contributed by atoms with Crippen LogP contribution in [-0.4, -0.2) is 6.67 Å². The van der Waals surface area contributed by atoms with Gasteiger partial charge in [-0.15, -0.1) is 0 Å². The van der Waals surface area contributed by atoms with Gasteiger partial charge in [-0.05, 0) is 24.8 Å². The van der Waals surface area contributed by atoms with Crippen molar-refractivity contribution in [3.8, 4) is 0 Å². The maximum absolute atomic E-state index is 11.7. The van der Waals surface area contributed by atoms with E-state index in [1.165, 1.54) is 12.0 Å². The van der Waals surface area contributed by atoms with Crippen LogP contribution in [0.1, 0.15) is 31.2 Å². The molecule has 0 spiro atoms. The number of unbranched alkanes of at least 4 members (excludes halogenated alkanes) is 3. The van der Waals surface area contributed by atoms with Crippen LogP contribution >= 0.6 is 0 Å². The molecule has 0 saturated heterocycles. The summed E-state index contributed by atoms with van der Waals surface area (Å²) in [5, 5.41) is 0. The minimum absolute atomic E-state index is 0.161. The normalized spacial score (nSPS) is 10.2. The average molecular weight is 180 g/mol. The predicted octanol–water partition coefficient (Wildman–Crippen LogP) is 3.76. The molecule has 1 aromatic rings. The van der Waals surface area contributed by atoms with Crippen molar-refractivity contribution in [1.82, 2.24) is 0 Å². The summed E-state index contributed by atoms with van der Waals surface area (Å²) in [5.41, 5.74) is 1.39. The summed E-state index contributed by atoms with van der Waals surface area (Å²) in [7, 11) is 0. The molecule has 0 nitrogen and oxygen atoms in total. The number of alkyl halides is 1. The van der Waals surface area contributed by atoms with E-state index >= 15 is 0 Å². The Kier molecular flexibility index (Phi) is 5.23. The first-order valence-corrected chi connectivity index (χ1v) is 5.03.